The van der Waals surface area contributed by atoms with E-state index in [1.54, 1.807) is 12.1 Å². The molecule has 1 aromatic carbocycles. The smallest absolute Gasteiger partial charge is 0.206 e. The van der Waals surface area contributed by atoms with Crippen LogP contribution in [0.5, 0.6) is 0 Å². The van der Waals surface area contributed by atoms with Gasteiger partial charge in [-0.3, -0.25) is 0 Å². The molecule has 2 aromatic rings. The van der Waals surface area contributed by atoms with Crippen LogP contribution in [0.3, 0.4) is 0 Å². The highest BCUT2D eigenvalue weighted by molar-refractivity contribution is 9.11. The highest BCUT2D eigenvalue weighted by Gasteiger charge is 2.40. The van der Waals surface area contributed by atoms with Gasteiger partial charge in [0, 0.05) is 13.1 Å². The largest absolute Gasteiger partial charge is 0.252 e. The summed E-state index contributed by atoms with van der Waals surface area (Å²) < 4.78 is 28.0. The van der Waals surface area contributed by atoms with Crippen LogP contribution in [-0.4, -0.2) is 25.8 Å². The standard InChI is InChI=1S/C16H15BrN2O2S2/c17-14-6-7-15(22-14)23(20,21)19-10-8-16(12-18,9-11-19)13-4-2-1-3-5-13/h1-7H,8-11H2. The van der Waals surface area contributed by atoms with Crippen LogP contribution in [0.2, 0.25) is 0 Å². The first kappa shape index (κ1) is 16.7. The molecular formula is C16H15BrN2O2S2. The monoisotopic (exact) mass is 410 g/mol. The summed E-state index contributed by atoms with van der Waals surface area (Å²) in [7, 11) is -3.47. The van der Waals surface area contributed by atoms with Gasteiger partial charge in [0.15, 0.2) is 0 Å². The number of benzene rings is 1. The van der Waals surface area contributed by atoms with Crippen molar-refractivity contribution in [3.8, 4) is 6.07 Å². The normalized spacial score (nSPS) is 18.4. The van der Waals surface area contributed by atoms with Gasteiger partial charge in [0.1, 0.15) is 4.21 Å². The van der Waals surface area contributed by atoms with Crippen LogP contribution in [0.15, 0.2) is 50.5 Å². The Morgan fingerprint density at radius 3 is 2.30 bits per heavy atom. The summed E-state index contributed by atoms with van der Waals surface area (Å²) in [5.74, 6) is 0. The lowest BCUT2D eigenvalue weighted by Gasteiger charge is -2.36. The van der Waals surface area contributed by atoms with Crippen molar-refractivity contribution >= 4 is 37.3 Å². The Morgan fingerprint density at radius 2 is 1.78 bits per heavy atom. The second kappa shape index (κ2) is 6.36. The second-order valence-corrected chi connectivity index (χ2v) is 10.2. The summed E-state index contributed by atoms with van der Waals surface area (Å²) in [5, 5.41) is 9.68. The summed E-state index contributed by atoms with van der Waals surface area (Å²) in [6.45, 7) is 0.723. The zero-order valence-electron chi connectivity index (χ0n) is 12.3. The lowest BCUT2D eigenvalue weighted by Crippen LogP contribution is -2.44. The molecule has 0 aliphatic carbocycles. The van der Waals surface area contributed by atoms with Crippen molar-refractivity contribution in [3.63, 3.8) is 0 Å². The van der Waals surface area contributed by atoms with E-state index in [1.165, 1.54) is 15.6 Å². The zero-order valence-corrected chi connectivity index (χ0v) is 15.5. The van der Waals surface area contributed by atoms with E-state index in [0.717, 1.165) is 9.35 Å². The van der Waals surface area contributed by atoms with Gasteiger partial charge in [0.2, 0.25) is 0 Å². The van der Waals surface area contributed by atoms with Gasteiger partial charge in [-0.15, -0.1) is 11.3 Å². The number of halogens is 1. The molecule has 0 atom stereocenters. The summed E-state index contributed by atoms with van der Waals surface area (Å²) in [6.07, 6.45) is 1.03. The number of nitriles is 1. The van der Waals surface area contributed by atoms with Gasteiger partial charge in [-0.25, -0.2) is 8.42 Å². The fourth-order valence-corrected chi connectivity index (χ4v) is 6.50. The molecule has 0 radical (unpaired) electrons. The van der Waals surface area contributed by atoms with E-state index in [0.29, 0.717) is 30.1 Å². The fraction of sp³-hybridized carbons (Fsp3) is 0.312. The maximum absolute atomic E-state index is 12.7. The van der Waals surface area contributed by atoms with Gasteiger partial charge in [0.05, 0.1) is 15.3 Å². The number of piperidine rings is 1. The maximum Gasteiger partial charge on any atom is 0.252 e. The Morgan fingerprint density at radius 1 is 1.13 bits per heavy atom. The van der Waals surface area contributed by atoms with Gasteiger partial charge in [-0.2, -0.15) is 9.57 Å². The average molecular weight is 411 g/mol. The Balaban J connectivity index is 1.82. The summed E-state index contributed by atoms with van der Waals surface area (Å²) in [6, 6.07) is 15.4. The summed E-state index contributed by atoms with van der Waals surface area (Å²) in [4.78, 5) is 0. The van der Waals surface area contributed by atoms with Crippen LogP contribution in [0, 0.1) is 11.3 Å². The minimum absolute atomic E-state index is 0.341. The van der Waals surface area contributed by atoms with Crippen LogP contribution in [0.4, 0.5) is 0 Å². The third-order valence-corrected chi connectivity index (χ3v) is 8.25. The molecule has 1 aliphatic heterocycles. The molecule has 3 rings (SSSR count). The SMILES string of the molecule is N#CC1(c2ccccc2)CCN(S(=O)(=O)c2ccc(Br)s2)CC1. The number of hydrogen-bond acceptors (Lipinski definition) is 4. The van der Waals surface area contributed by atoms with Gasteiger partial charge in [-0.05, 0) is 46.5 Å². The van der Waals surface area contributed by atoms with E-state index in [-0.39, 0.29) is 0 Å². The minimum Gasteiger partial charge on any atom is -0.206 e. The number of nitrogens with zero attached hydrogens (tertiary/aromatic N) is 2. The van der Waals surface area contributed by atoms with Gasteiger partial charge in [0.25, 0.3) is 10.0 Å². The first-order valence-corrected chi connectivity index (χ1v) is 10.3. The lowest BCUT2D eigenvalue weighted by molar-refractivity contribution is 0.277. The molecule has 0 spiro atoms. The lowest BCUT2D eigenvalue weighted by atomic mass is 9.74. The zero-order chi connectivity index (χ0) is 16.5. The molecule has 0 amide bonds. The minimum atomic E-state index is -3.47. The van der Waals surface area contributed by atoms with Crippen LogP contribution in [0.25, 0.3) is 0 Å². The second-order valence-electron chi connectivity index (χ2n) is 5.52. The Hall–Kier alpha value is -1.20. The third kappa shape index (κ3) is 3.09. The molecule has 2 heterocycles. The molecular weight excluding hydrogens is 396 g/mol. The van der Waals surface area contributed by atoms with Crippen LogP contribution >= 0.6 is 27.3 Å². The molecule has 120 valence electrons. The van der Waals surface area contributed by atoms with Crippen LogP contribution in [0.1, 0.15) is 18.4 Å². The average Bonchev–Trinajstić information content (AvgIpc) is 3.03. The van der Waals surface area contributed by atoms with Crippen molar-refractivity contribution in [2.24, 2.45) is 0 Å². The number of rotatable bonds is 3. The first-order chi connectivity index (χ1) is 11.0. The van der Waals surface area contributed by atoms with Crippen LogP contribution < -0.4 is 0 Å². The first-order valence-electron chi connectivity index (χ1n) is 7.20. The molecule has 1 aliphatic rings. The molecule has 0 saturated carbocycles. The third-order valence-electron chi connectivity index (χ3n) is 4.26. The van der Waals surface area contributed by atoms with Gasteiger partial charge >= 0.3 is 0 Å². The Labute approximate surface area is 148 Å². The highest BCUT2D eigenvalue weighted by Crippen LogP contribution is 2.37. The van der Waals surface area contributed by atoms with Crippen molar-refractivity contribution in [2.45, 2.75) is 22.5 Å². The van der Waals surface area contributed by atoms with E-state index < -0.39 is 15.4 Å². The summed E-state index contributed by atoms with van der Waals surface area (Å²) >= 11 is 4.51. The topological polar surface area (TPSA) is 61.2 Å². The number of hydrogen-bond donors (Lipinski definition) is 0. The Bertz CT molecular complexity index is 832. The molecule has 23 heavy (non-hydrogen) atoms. The highest BCUT2D eigenvalue weighted by atomic mass is 79.9. The molecule has 1 saturated heterocycles. The quantitative estimate of drug-likeness (QED) is 0.773. The van der Waals surface area contributed by atoms with E-state index in [1.807, 2.05) is 30.3 Å². The molecule has 1 aromatic heterocycles. The summed E-state index contributed by atoms with van der Waals surface area (Å²) in [5.41, 5.74) is 0.377. The van der Waals surface area contributed by atoms with Crippen molar-refractivity contribution in [1.29, 1.82) is 5.26 Å². The van der Waals surface area contributed by atoms with E-state index in [4.69, 9.17) is 0 Å². The molecule has 0 bridgehead atoms. The van der Waals surface area contributed by atoms with E-state index in [9.17, 15) is 13.7 Å². The predicted octanol–water partition coefficient (Wildman–Crippen LogP) is 3.76. The Kier molecular flexibility index (Phi) is 4.61. The van der Waals surface area contributed by atoms with Crippen molar-refractivity contribution < 1.29 is 8.42 Å². The van der Waals surface area contributed by atoms with E-state index in [2.05, 4.69) is 22.0 Å². The van der Waals surface area contributed by atoms with E-state index >= 15 is 0 Å². The number of sulfonamides is 1. The van der Waals surface area contributed by atoms with Gasteiger partial charge in [-0.1, -0.05) is 30.3 Å². The fourth-order valence-electron chi connectivity index (χ4n) is 2.89. The molecule has 0 N–H and O–H groups in total. The van der Waals surface area contributed by atoms with Crippen molar-refractivity contribution in [1.82, 2.24) is 4.31 Å². The van der Waals surface area contributed by atoms with Crippen LogP contribution in [-0.2, 0) is 15.4 Å². The van der Waals surface area contributed by atoms with Crippen molar-refractivity contribution in [2.75, 3.05) is 13.1 Å². The molecule has 1 fully saturated rings. The molecule has 7 heteroatoms. The van der Waals surface area contributed by atoms with Gasteiger partial charge < -0.3 is 0 Å². The molecule has 4 nitrogen and oxygen atoms in total. The predicted molar refractivity (Wildman–Crippen MR) is 93.7 cm³/mol. The van der Waals surface area contributed by atoms with Crippen molar-refractivity contribution in [3.05, 3.63) is 51.8 Å². The number of thiophene rings is 1. The molecule has 0 unspecified atom stereocenters. The maximum atomic E-state index is 12.7.